The average Bonchev–Trinajstić information content (AvgIpc) is 2.37. The fourth-order valence-electron chi connectivity index (χ4n) is 1.61. The SMILES string of the molecule is Brc1cc(Br)c(-c2c(Br)c(Br)c(Br)c(Br)c2Br)c(Br)c1. The Balaban J connectivity index is 2.91. The molecule has 0 amide bonds. The van der Waals surface area contributed by atoms with Gasteiger partial charge in [-0.15, -0.1) is 0 Å². The van der Waals surface area contributed by atoms with E-state index in [0.29, 0.717) is 0 Å². The molecule has 0 heterocycles. The van der Waals surface area contributed by atoms with Crippen molar-refractivity contribution in [3.8, 4) is 11.1 Å². The molecule has 0 aliphatic heterocycles. The van der Waals surface area contributed by atoms with Crippen LogP contribution >= 0.6 is 127 Å². The van der Waals surface area contributed by atoms with Gasteiger partial charge >= 0.3 is 0 Å². The summed E-state index contributed by atoms with van der Waals surface area (Å²) in [5.41, 5.74) is 2.10. The van der Waals surface area contributed by atoms with E-state index >= 15 is 0 Å². The van der Waals surface area contributed by atoms with Gasteiger partial charge in [0.25, 0.3) is 0 Å². The monoisotopic (exact) mass is 777 g/mol. The molecule has 0 saturated carbocycles. The van der Waals surface area contributed by atoms with Crippen molar-refractivity contribution in [2.45, 2.75) is 0 Å². The zero-order valence-corrected chi connectivity index (χ0v) is 21.9. The van der Waals surface area contributed by atoms with Crippen LogP contribution in [0.2, 0.25) is 0 Å². The Morgan fingerprint density at radius 2 is 0.800 bits per heavy atom. The minimum atomic E-state index is 0.948. The van der Waals surface area contributed by atoms with Crippen LogP contribution in [0.5, 0.6) is 0 Å². The smallest absolute Gasteiger partial charge is 0.0482 e. The second kappa shape index (κ2) is 7.45. The first-order chi connectivity index (χ1) is 9.25. The summed E-state index contributed by atoms with van der Waals surface area (Å²) >= 11 is 28.8. The van der Waals surface area contributed by atoms with E-state index in [1.807, 2.05) is 12.1 Å². The largest absolute Gasteiger partial charge is 0.0508 e. The Morgan fingerprint density at radius 1 is 0.450 bits per heavy atom. The molecule has 0 N–H and O–H groups in total. The molecule has 2 aromatic rings. The molecule has 8 heteroatoms. The van der Waals surface area contributed by atoms with E-state index in [4.69, 9.17) is 0 Å². The number of hydrogen-bond acceptors (Lipinski definition) is 0. The van der Waals surface area contributed by atoms with E-state index in [1.165, 1.54) is 0 Å². The normalized spacial score (nSPS) is 11.0. The Kier molecular flexibility index (Phi) is 6.93. The van der Waals surface area contributed by atoms with Gasteiger partial charge in [0, 0.05) is 46.9 Å². The number of halogens is 8. The molecule has 0 spiro atoms. The van der Waals surface area contributed by atoms with Crippen LogP contribution in [-0.4, -0.2) is 0 Å². The minimum Gasteiger partial charge on any atom is -0.0508 e. The number of rotatable bonds is 1. The van der Waals surface area contributed by atoms with Crippen LogP contribution in [0.1, 0.15) is 0 Å². The van der Waals surface area contributed by atoms with Gasteiger partial charge in [-0.3, -0.25) is 0 Å². The lowest BCUT2D eigenvalue weighted by Gasteiger charge is -2.16. The molecule has 0 radical (unpaired) electrons. The topological polar surface area (TPSA) is 0 Å². The van der Waals surface area contributed by atoms with Gasteiger partial charge in [-0.05, 0) is 91.8 Å². The highest BCUT2D eigenvalue weighted by atomic mass is 79.9. The number of hydrogen-bond donors (Lipinski definition) is 0. The standard InChI is InChI=1S/C12H2Br8/c13-3-1-4(14)6(5(15)2-3)7-8(16)10(18)12(20)11(19)9(7)17/h1-2H. The zero-order chi connectivity index (χ0) is 15.2. The molecule has 0 unspecified atom stereocenters. The van der Waals surface area contributed by atoms with E-state index in [1.54, 1.807) is 0 Å². The molecule has 0 fully saturated rings. The van der Waals surface area contributed by atoms with Gasteiger partial charge in [0.1, 0.15) is 0 Å². The lowest BCUT2D eigenvalue weighted by atomic mass is 10.1. The van der Waals surface area contributed by atoms with Crippen LogP contribution in [0.25, 0.3) is 11.1 Å². The quantitative estimate of drug-likeness (QED) is 0.200. The first-order valence-electron chi connectivity index (χ1n) is 4.92. The van der Waals surface area contributed by atoms with E-state index in [0.717, 1.165) is 46.9 Å². The highest BCUT2D eigenvalue weighted by Gasteiger charge is 2.22. The van der Waals surface area contributed by atoms with Crippen molar-refractivity contribution < 1.29 is 0 Å². The molecule has 2 aromatic carbocycles. The van der Waals surface area contributed by atoms with Crippen molar-refractivity contribution in [3.05, 3.63) is 47.9 Å². The molecule has 0 aliphatic carbocycles. The van der Waals surface area contributed by atoms with Crippen LogP contribution in [0.3, 0.4) is 0 Å². The van der Waals surface area contributed by atoms with E-state index in [2.05, 4.69) is 127 Å². The van der Waals surface area contributed by atoms with Gasteiger partial charge in [0.2, 0.25) is 0 Å². The van der Waals surface area contributed by atoms with Crippen molar-refractivity contribution in [2.24, 2.45) is 0 Å². The summed E-state index contributed by atoms with van der Waals surface area (Å²) in [5.74, 6) is 0. The lowest BCUT2D eigenvalue weighted by molar-refractivity contribution is 1.42. The third kappa shape index (κ3) is 3.52. The summed E-state index contributed by atoms with van der Waals surface area (Å²) in [6.07, 6.45) is 0. The molecule has 0 aliphatic rings. The fourth-order valence-corrected chi connectivity index (χ4v) is 7.70. The molecule has 20 heavy (non-hydrogen) atoms. The summed E-state index contributed by atoms with van der Waals surface area (Å²) in [7, 11) is 0. The summed E-state index contributed by atoms with van der Waals surface area (Å²) < 4.78 is 7.74. The van der Waals surface area contributed by atoms with Crippen molar-refractivity contribution in [1.29, 1.82) is 0 Å². The maximum atomic E-state index is 3.66. The van der Waals surface area contributed by atoms with Crippen LogP contribution in [0.15, 0.2) is 47.9 Å². The molecule has 106 valence electrons. The third-order valence-corrected chi connectivity index (χ3v) is 10.3. The predicted molar refractivity (Wildman–Crippen MR) is 113 cm³/mol. The summed E-state index contributed by atoms with van der Waals surface area (Å²) in [5, 5.41) is 0. The van der Waals surface area contributed by atoms with E-state index < -0.39 is 0 Å². The van der Waals surface area contributed by atoms with E-state index in [9.17, 15) is 0 Å². The maximum Gasteiger partial charge on any atom is 0.0482 e. The summed E-state index contributed by atoms with van der Waals surface area (Å²) in [4.78, 5) is 0. The van der Waals surface area contributed by atoms with Crippen molar-refractivity contribution in [3.63, 3.8) is 0 Å². The molecule has 0 saturated heterocycles. The molecule has 0 aromatic heterocycles. The Morgan fingerprint density at radius 3 is 1.20 bits per heavy atom. The summed E-state index contributed by atoms with van der Waals surface area (Å²) in [6.45, 7) is 0. The maximum absolute atomic E-state index is 3.66. The number of benzene rings is 2. The molecular weight excluding hydrogens is 783 g/mol. The molecule has 2 rings (SSSR count). The van der Waals surface area contributed by atoms with Gasteiger partial charge < -0.3 is 0 Å². The van der Waals surface area contributed by atoms with Gasteiger partial charge in [-0.25, -0.2) is 0 Å². The average molecular weight is 785 g/mol. The second-order valence-electron chi connectivity index (χ2n) is 3.69. The van der Waals surface area contributed by atoms with E-state index in [-0.39, 0.29) is 0 Å². The molecule has 0 atom stereocenters. The minimum absolute atomic E-state index is 0.948. The predicted octanol–water partition coefficient (Wildman–Crippen LogP) is 9.45. The Bertz CT molecular complexity index is 655. The fraction of sp³-hybridized carbons (Fsp3) is 0. The third-order valence-electron chi connectivity index (χ3n) is 2.47. The van der Waals surface area contributed by atoms with Crippen molar-refractivity contribution in [1.82, 2.24) is 0 Å². The first kappa shape index (κ1) is 18.6. The van der Waals surface area contributed by atoms with Crippen LogP contribution in [0, 0.1) is 0 Å². The zero-order valence-electron chi connectivity index (χ0n) is 9.18. The van der Waals surface area contributed by atoms with Gasteiger partial charge in [0.05, 0.1) is 0 Å². The van der Waals surface area contributed by atoms with Gasteiger partial charge in [0.15, 0.2) is 0 Å². The Labute approximate surface area is 183 Å². The first-order valence-corrected chi connectivity index (χ1v) is 11.3. The van der Waals surface area contributed by atoms with Crippen LogP contribution < -0.4 is 0 Å². The van der Waals surface area contributed by atoms with Crippen molar-refractivity contribution >= 4 is 127 Å². The Hall–Kier alpha value is 2.28. The van der Waals surface area contributed by atoms with Crippen LogP contribution in [0.4, 0.5) is 0 Å². The highest BCUT2D eigenvalue weighted by Crippen LogP contribution is 2.51. The lowest BCUT2D eigenvalue weighted by Crippen LogP contribution is -1.90. The highest BCUT2D eigenvalue weighted by molar-refractivity contribution is 9.16. The summed E-state index contributed by atoms with van der Waals surface area (Å²) in [6, 6.07) is 4.03. The van der Waals surface area contributed by atoms with Crippen molar-refractivity contribution in [2.75, 3.05) is 0 Å². The molecular formula is C12H2Br8. The molecule has 0 nitrogen and oxygen atoms in total. The van der Waals surface area contributed by atoms with Crippen LogP contribution in [-0.2, 0) is 0 Å². The van der Waals surface area contributed by atoms with Gasteiger partial charge in [-0.1, -0.05) is 47.8 Å². The van der Waals surface area contributed by atoms with Gasteiger partial charge in [-0.2, -0.15) is 0 Å². The second-order valence-corrected chi connectivity index (χ2v) is 10.3. The molecule has 0 bridgehead atoms.